The van der Waals surface area contributed by atoms with E-state index < -0.39 is 6.17 Å². The minimum atomic E-state index is -0.415. The predicted molar refractivity (Wildman–Crippen MR) is 111 cm³/mol. The lowest BCUT2D eigenvalue weighted by Gasteiger charge is -2.23. The number of methoxy groups -OCH3 is 1. The van der Waals surface area contributed by atoms with Gasteiger partial charge in [-0.3, -0.25) is 14.7 Å². The number of amides is 1. The zero-order valence-corrected chi connectivity index (χ0v) is 16.8. The first kappa shape index (κ1) is 20.0. The van der Waals surface area contributed by atoms with Gasteiger partial charge >= 0.3 is 0 Å². The molecule has 3 N–H and O–H groups in total. The van der Waals surface area contributed by atoms with Crippen molar-refractivity contribution in [3.8, 4) is 17.0 Å². The smallest absolute Gasteiger partial charge is 0.276 e. The number of hydrogen-bond acceptors (Lipinski definition) is 6. The number of H-pyrrole nitrogens is 1. The van der Waals surface area contributed by atoms with Gasteiger partial charge in [-0.25, -0.2) is 9.67 Å². The average molecular weight is 411 g/mol. The second-order valence-electron chi connectivity index (χ2n) is 7.29. The third-order valence-corrected chi connectivity index (χ3v) is 5.35. The van der Waals surface area contributed by atoms with Crippen LogP contribution in [0, 0.1) is 5.92 Å². The molecular weight excluding hydrogens is 386 g/mol. The number of carbonyl (C=O) groups is 1. The van der Waals surface area contributed by atoms with Gasteiger partial charge in [-0.05, 0) is 42.5 Å². The fourth-order valence-corrected chi connectivity index (χ4v) is 3.55. The van der Waals surface area contributed by atoms with E-state index in [1.165, 1.54) is 11.8 Å². The fourth-order valence-electron chi connectivity index (χ4n) is 3.55. The lowest BCUT2D eigenvalue weighted by atomic mass is 10.0. The molecule has 0 spiro atoms. The highest BCUT2D eigenvalue weighted by atomic mass is 16.5. The van der Waals surface area contributed by atoms with E-state index in [0.29, 0.717) is 35.0 Å². The van der Waals surface area contributed by atoms with Crippen molar-refractivity contribution >= 4 is 5.91 Å². The van der Waals surface area contributed by atoms with Gasteiger partial charge in [-0.15, -0.1) is 0 Å². The number of nitrogens with one attached hydrogen (secondary N) is 3. The van der Waals surface area contributed by atoms with E-state index in [4.69, 9.17) is 9.47 Å². The molecule has 0 radical (unpaired) electrons. The molecule has 9 nitrogen and oxygen atoms in total. The SMILES string of the molecule is COc1cc(-c2c[nH]n(C3C=CC(C(=O)NCC4CCOCC4)=CN3)c2=O)ccn1. The standard InChI is InChI=1S/C21H25N5O4/c1-29-19-10-15(4-7-22-19)17-13-25-26(21(17)28)18-3-2-16(12-23-18)20(27)24-11-14-5-8-30-9-6-14/h2-4,7,10,12-14,18,23,25H,5-6,8-9,11H2,1H3,(H,24,27). The number of carbonyl (C=O) groups excluding carboxylic acids is 1. The van der Waals surface area contributed by atoms with Gasteiger partial charge < -0.3 is 20.1 Å². The van der Waals surface area contributed by atoms with Crippen LogP contribution < -0.4 is 20.9 Å². The summed E-state index contributed by atoms with van der Waals surface area (Å²) in [6.07, 6.45) is 9.90. The number of aromatic nitrogens is 3. The summed E-state index contributed by atoms with van der Waals surface area (Å²) >= 11 is 0. The van der Waals surface area contributed by atoms with Gasteiger partial charge in [0.1, 0.15) is 6.17 Å². The quantitative estimate of drug-likeness (QED) is 0.662. The van der Waals surface area contributed by atoms with E-state index in [2.05, 4.69) is 20.7 Å². The Bertz CT molecular complexity index is 1020. The molecule has 0 aliphatic carbocycles. The van der Waals surface area contributed by atoms with Gasteiger partial charge in [0.15, 0.2) is 0 Å². The summed E-state index contributed by atoms with van der Waals surface area (Å²) < 4.78 is 11.9. The van der Waals surface area contributed by atoms with Crippen molar-refractivity contribution in [1.29, 1.82) is 0 Å². The molecule has 30 heavy (non-hydrogen) atoms. The van der Waals surface area contributed by atoms with Crippen LogP contribution in [0.5, 0.6) is 5.88 Å². The second kappa shape index (κ2) is 9.00. The summed E-state index contributed by atoms with van der Waals surface area (Å²) in [7, 11) is 1.53. The van der Waals surface area contributed by atoms with Gasteiger partial charge in [-0.2, -0.15) is 0 Å². The Labute approximate surface area is 173 Å². The van der Waals surface area contributed by atoms with Crippen LogP contribution in [0.15, 0.2) is 53.2 Å². The summed E-state index contributed by atoms with van der Waals surface area (Å²) in [5, 5.41) is 9.05. The zero-order chi connectivity index (χ0) is 20.9. The van der Waals surface area contributed by atoms with Crippen molar-refractivity contribution in [2.75, 3.05) is 26.9 Å². The van der Waals surface area contributed by atoms with E-state index in [1.54, 1.807) is 42.9 Å². The van der Waals surface area contributed by atoms with E-state index >= 15 is 0 Å². The highest BCUT2D eigenvalue weighted by molar-refractivity contribution is 5.96. The van der Waals surface area contributed by atoms with Crippen LogP contribution in [0.4, 0.5) is 0 Å². The third-order valence-electron chi connectivity index (χ3n) is 5.35. The van der Waals surface area contributed by atoms with Crippen molar-refractivity contribution in [2.24, 2.45) is 5.92 Å². The van der Waals surface area contributed by atoms with Crippen LogP contribution in [-0.2, 0) is 9.53 Å². The minimum absolute atomic E-state index is 0.132. The summed E-state index contributed by atoms with van der Waals surface area (Å²) in [6.45, 7) is 2.16. The van der Waals surface area contributed by atoms with Crippen LogP contribution in [0.2, 0.25) is 0 Å². The van der Waals surface area contributed by atoms with Gasteiger partial charge in [0.05, 0.1) is 18.2 Å². The van der Waals surface area contributed by atoms with Gasteiger partial charge in [0.25, 0.3) is 11.5 Å². The number of rotatable bonds is 6. The minimum Gasteiger partial charge on any atom is -0.481 e. The van der Waals surface area contributed by atoms with Crippen LogP contribution in [-0.4, -0.2) is 47.5 Å². The Morgan fingerprint density at radius 1 is 1.40 bits per heavy atom. The Morgan fingerprint density at radius 2 is 2.23 bits per heavy atom. The molecule has 2 aromatic heterocycles. The summed E-state index contributed by atoms with van der Waals surface area (Å²) in [5.41, 5.74) is 1.56. The number of ether oxygens (including phenoxy) is 2. The molecule has 0 aromatic carbocycles. The molecule has 9 heteroatoms. The summed E-state index contributed by atoms with van der Waals surface area (Å²) in [4.78, 5) is 29.3. The van der Waals surface area contributed by atoms with Crippen LogP contribution in [0.25, 0.3) is 11.1 Å². The zero-order valence-electron chi connectivity index (χ0n) is 16.8. The normalized spacial score (nSPS) is 19.1. The van der Waals surface area contributed by atoms with E-state index in [1.807, 2.05) is 0 Å². The molecule has 158 valence electrons. The molecule has 1 unspecified atom stereocenters. The van der Waals surface area contributed by atoms with Crippen molar-refractivity contribution in [2.45, 2.75) is 19.0 Å². The first-order valence-electron chi connectivity index (χ1n) is 9.96. The largest absolute Gasteiger partial charge is 0.481 e. The Morgan fingerprint density at radius 3 is 2.97 bits per heavy atom. The lowest BCUT2D eigenvalue weighted by Crippen LogP contribution is -2.35. The molecule has 0 bridgehead atoms. The van der Waals surface area contributed by atoms with Gasteiger partial charge in [0.2, 0.25) is 5.88 Å². The highest BCUT2D eigenvalue weighted by Crippen LogP contribution is 2.20. The Kier molecular flexibility index (Phi) is 5.99. The van der Waals surface area contributed by atoms with Crippen molar-refractivity contribution in [3.05, 3.63) is 58.8 Å². The van der Waals surface area contributed by atoms with Gasteiger partial charge in [0, 0.05) is 44.4 Å². The second-order valence-corrected chi connectivity index (χ2v) is 7.29. The average Bonchev–Trinajstić information content (AvgIpc) is 3.19. The summed E-state index contributed by atoms with van der Waals surface area (Å²) in [6, 6.07) is 3.46. The molecule has 1 saturated heterocycles. The highest BCUT2D eigenvalue weighted by Gasteiger charge is 2.20. The number of dihydropyridines is 1. The van der Waals surface area contributed by atoms with Gasteiger partial charge in [-0.1, -0.05) is 0 Å². The summed E-state index contributed by atoms with van der Waals surface area (Å²) in [5.74, 6) is 0.765. The molecule has 2 aliphatic heterocycles. The molecule has 2 aromatic rings. The maximum absolute atomic E-state index is 12.8. The Balaban J connectivity index is 1.39. The Hall–Kier alpha value is -3.33. The van der Waals surface area contributed by atoms with E-state index in [-0.39, 0.29) is 11.5 Å². The maximum atomic E-state index is 12.8. The first-order valence-corrected chi connectivity index (χ1v) is 9.96. The number of pyridine rings is 1. The predicted octanol–water partition coefficient (Wildman–Crippen LogP) is 1.33. The van der Waals surface area contributed by atoms with Crippen molar-refractivity contribution in [3.63, 3.8) is 0 Å². The molecule has 1 amide bonds. The topological polar surface area (TPSA) is 110 Å². The van der Waals surface area contributed by atoms with Crippen LogP contribution in [0.3, 0.4) is 0 Å². The molecule has 1 fully saturated rings. The molecule has 1 atom stereocenters. The monoisotopic (exact) mass is 411 g/mol. The molecular formula is C21H25N5O4. The lowest BCUT2D eigenvalue weighted by molar-refractivity contribution is -0.117. The molecule has 0 saturated carbocycles. The molecule has 2 aliphatic rings. The number of hydrogen-bond donors (Lipinski definition) is 3. The first-order chi connectivity index (χ1) is 14.7. The number of aromatic amines is 1. The van der Waals surface area contributed by atoms with Crippen LogP contribution in [0.1, 0.15) is 19.0 Å². The fraction of sp³-hybridized carbons (Fsp3) is 0.381. The maximum Gasteiger partial charge on any atom is 0.276 e. The molecule has 4 rings (SSSR count). The number of nitrogens with zero attached hydrogens (tertiary/aromatic N) is 2. The third kappa shape index (κ3) is 4.30. The molecule has 4 heterocycles. The van der Waals surface area contributed by atoms with Crippen molar-refractivity contribution in [1.82, 2.24) is 25.4 Å². The van der Waals surface area contributed by atoms with E-state index in [9.17, 15) is 9.59 Å². The van der Waals surface area contributed by atoms with E-state index in [0.717, 1.165) is 26.1 Å². The van der Waals surface area contributed by atoms with Crippen molar-refractivity contribution < 1.29 is 14.3 Å². The van der Waals surface area contributed by atoms with Crippen LogP contribution >= 0.6 is 0 Å².